The Bertz CT molecular complexity index is 1550. The Kier molecular flexibility index (Phi) is 8.25. The first-order valence-electron chi connectivity index (χ1n) is 13.2. The number of hydrogen-bond donors (Lipinski definition) is 1. The van der Waals surface area contributed by atoms with Crippen molar-refractivity contribution in [1.29, 1.82) is 0 Å². The molecule has 5 rings (SSSR count). The Morgan fingerprint density at radius 3 is 2.60 bits per heavy atom. The van der Waals surface area contributed by atoms with Gasteiger partial charge in [0.15, 0.2) is 17.3 Å². The van der Waals surface area contributed by atoms with Crippen LogP contribution < -0.4 is 19.8 Å². The maximum Gasteiger partial charge on any atom is 0.327 e. The quantitative estimate of drug-likeness (QED) is 0.279. The summed E-state index contributed by atoms with van der Waals surface area (Å²) < 4.78 is 23.6. The normalized spacial score (nSPS) is 13.4. The highest BCUT2D eigenvalue weighted by molar-refractivity contribution is 5.83. The number of carbonyl (C=O) groups is 1. The van der Waals surface area contributed by atoms with Crippen molar-refractivity contribution in [3.05, 3.63) is 69.8 Å². The first kappa shape index (κ1) is 27.1. The van der Waals surface area contributed by atoms with Crippen molar-refractivity contribution < 1.29 is 23.7 Å². The minimum Gasteiger partial charge on any atom is -0.496 e. The van der Waals surface area contributed by atoms with Gasteiger partial charge >= 0.3 is 5.97 Å². The van der Waals surface area contributed by atoms with Crippen LogP contribution in [0.3, 0.4) is 0 Å². The summed E-state index contributed by atoms with van der Waals surface area (Å²) in [7, 11) is 1.63. The molecule has 1 aliphatic heterocycles. The highest BCUT2D eigenvalue weighted by atomic mass is 16.6. The summed E-state index contributed by atoms with van der Waals surface area (Å²) in [6.07, 6.45) is 0.614. The average molecular weight is 549 g/mol. The van der Waals surface area contributed by atoms with Crippen LogP contribution in [0.5, 0.6) is 17.2 Å². The van der Waals surface area contributed by atoms with E-state index < -0.39 is 5.97 Å². The first-order valence-corrected chi connectivity index (χ1v) is 13.2. The molecule has 2 aromatic heterocycles. The molecule has 0 radical (unpaired) electrons. The number of ether oxygens (including phenoxy) is 4. The lowest BCUT2D eigenvalue weighted by Crippen LogP contribution is -2.33. The van der Waals surface area contributed by atoms with E-state index >= 15 is 0 Å². The van der Waals surface area contributed by atoms with E-state index in [1.807, 2.05) is 43.3 Å². The Morgan fingerprint density at radius 1 is 1.10 bits per heavy atom. The molecule has 1 aliphatic rings. The Hall–Kier alpha value is -4.45. The molecule has 0 amide bonds. The zero-order valence-corrected chi connectivity index (χ0v) is 22.8. The third-order valence-electron chi connectivity index (χ3n) is 6.79. The summed E-state index contributed by atoms with van der Waals surface area (Å²) in [5.41, 5.74) is 1.95. The lowest BCUT2D eigenvalue weighted by molar-refractivity contribution is -0.144. The number of carbonyl (C=O) groups excluding carboxylic acids is 1. The predicted octanol–water partition coefficient (Wildman–Crippen LogP) is 3.01. The number of H-pyrrole nitrogens is 1. The van der Waals surface area contributed by atoms with E-state index in [0.717, 1.165) is 16.7 Å². The fraction of sp³-hybridized carbons (Fsp3) is 0.393. The number of pyridine rings is 1. The standard InChI is InChI=1S/C28H32N6O6/c1-4-22(27-30-31-32-34(27)17-26(35)38-5-2)33(15-18-8-6-7-9-23(18)37-3)16-20-12-19-13-24-25(40-11-10-39-24)14-21(19)29-28(20)36/h6-9,12-14,22H,4-5,10-11,15-17H2,1-3H3,(H,29,36). The molecule has 2 aromatic carbocycles. The number of nitrogens with one attached hydrogen (secondary N) is 1. The van der Waals surface area contributed by atoms with Crippen molar-refractivity contribution in [1.82, 2.24) is 30.1 Å². The monoisotopic (exact) mass is 548 g/mol. The Balaban J connectivity index is 1.53. The molecule has 3 heterocycles. The molecule has 210 valence electrons. The van der Waals surface area contributed by atoms with Gasteiger partial charge in [0, 0.05) is 35.7 Å². The molecule has 0 spiro atoms. The SMILES string of the molecule is CCOC(=O)Cn1nnnc1C(CC)N(Cc1ccccc1OC)Cc1cc2cc3c(cc2[nH]c1=O)OCCO3. The molecule has 0 saturated carbocycles. The number of fused-ring (bicyclic) bond motifs is 2. The van der Waals surface area contributed by atoms with E-state index in [0.29, 0.717) is 54.6 Å². The molecule has 12 heteroatoms. The molecular formula is C28H32N6O6. The van der Waals surface area contributed by atoms with Gasteiger partial charge in [-0.3, -0.25) is 14.5 Å². The van der Waals surface area contributed by atoms with Gasteiger partial charge in [0.05, 0.1) is 25.3 Å². The number of aromatic nitrogens is 5. The van der Waals surface area contributed by atoms with Crippen molar-refractivity contribution in [2.75, 3.05) is 26.9 Å². The summed E-state index contributed by atoms with van der Waals surface area (Å²) in [4.78, 5) is 30.7. The second-order valence-electron chi connectivity index (χ2n) is 9.35. The maximum absolute atomic E-state index is 13.3. The van der Waals surface area contributed by atoms with Crippen molar-refractivity contribution in [2.45, 2.75) is 45.9 Å². The van der Waals surface area contributed by atoms with Crippen molar-refractivity contribution in [3.8, 4) is 17.2 Å². The first-order chi connectivity index (χ1) is 19.5. The number of hydrogen-bond acceptors (Lipinski definition) is 10. The van der Waals surface area contributed by atoms with Crippen LogP contribution in [0.2, 0.25) is 0 Å². The van der Waals surface area contributed by atoms with Gasteiger partial charge in [0.2, 0.25) is 0 Å². The predicted molar refractivity (Wildman–Crippen MR) is 145 cm³/mol. The molecule has 4 aromatic rings. The van der Waals surface area contributed by atoms with E-state index in [1.54, 1.807) is 20.1 Å². The van der Waals surface area contributed by atoms with E-state index in [9.17, 15) is 9.59 Å². The van der Waals surface area contributed by atoms with Crippen LogP contribution in [0.25, 0.3) is 10.9 Å². The number of aromatic amines is 1. The molecule has 0 saturated heterocycles. The number of benzene rings is 2. The third-order valence-corrected chi connectivity index (χ3v) is 6.79. The highest BCUT2D eigenvalue weighted by Crippen LogP contribution is 2.34. The molecule has 1 atom stereocenters. The topological polar surface area (TPSA) is 134 Å². The number of nitrogens with zero attached hydrogens (tertiary/aromatic N) is 5. The summed E-state index contributed by atoms with van der Waals surface area (Å²) in [6.45, 7) is 5.57. The fourth-order valence-corrected chi connectivity index (χ4v) is 4.95. The third kappa shape index (κ3) is 5.76. The number of para-hydroxylation sites is 1. The van der Waals surface area contributed by atoms with Crippen LogP contribution >= 0.6 is 0 Å². The summed E-state index contributed by atoms with van der Waals surface area (Å²) >= 11 is 0. The number of rotatable bonds is 11. The molecule has 12 nitrogen and oxygen atoms in total. The second-order valence-corrected chi connectivity index (χ2v) is 9.35. The Labute approximate surface area is 230 Å². The summed E-state index contributed by atoms with van der Waals surface area (Å²) in [6, 6.07) is 12.9. The molecule has 1 N–H and O–H groups in total. The smallest absolute Gasteiger partial charge is 0.327 e. The highest BCUT2D eigenvalue weighted by Gasteiger charge is 2.28. The van der Waals surface area contributed by atoms with E-state index in [2.05, 4.69) is 25.4 Å². The molecule has 0 fully saturated rings. The minimum atomic E-state index is -0.428. The van der Waals surface area contributed by atoms with Crippen LogP contribution in [0, 0.1) is 0 Å². The van der Waals surface area contributed by atoms with E-state index in [4.69, 9.17) is 18.9 Å². The molecule has 0 bridgehead atoms. The van der Waals surface area contributed by atoms with Gasteiger partial charge in [0.1, 0.15) is 25.5 Å². The van der Waals surface area contributed by atoms with E-state index in [-0.39, 0.29) is 31.3 Å². The second kappa shape index (κ2) is 12.2. The van der Waals surface area contributed by atoms with Crippen molar-refractivity contribution in [3.63, 3.8) is 0 Å². The lowest BCUT2D eigenvalue weighted by atomic mass is 10.1. The fourth-order valence-electron chi connectivity index (χ4n) is 4.95. The van der Waals surface area contributed by atoms with Crippen LogP contribution in [0.4, 0.5) is 0 Å². The average Bonchev–Trinajstić information content (AvgIpc) is 3.40. The van der Waals surface area contributed by atoms with E-state index in [1.165, 1.54) is 4.68 Å². The van der Waals surface area contributed by atoms with Crippen LogP contribution in [-0.4, -0.2) is 63.0 Å². The number of esters is 1. The molecular weight excluding hydrogens is 516 g/mol. The van der Waals surface area contributed by atoms with Gasteiger partial charge in [-0.2, -0.15) is 0 Å². The molecule has 1 unspecified atom stereocenters. The minimum absolute atomic E-state index is 0.112. The van der Waals surface area contributed by atoms with Gasteiger partial charge < -0.3 is 23.9 Å². The van der Waals surface area contributed by atoms with Gasteiger partial charge in [-0.15, -0.1) is 5.10 Å². The van der Waals surface area contributed by atoms with Gasteiger partial charge in [-0.1, -0.05) is 25.1 Å². The van der Waals surface area contributed by atoms with Crippen LogP contribution in [0.15, 0.2) is 47.3 Å². The van der Waals surface area contributed by atoms with Crippen molar-refractivity contribution >= 4 is 16.9 Å². The molecule has 0 aliphatic carbocycles. The van der Waals surface area contributed by atoms with Gasteiger partial charge in [-0.25, -0.2) is 4.68 Å². The largest absolute Gasteiger partial charge is 0.496 e. The summed E-state index contributed by atoms with van der Waals surface area (Å²) in [5, 5.41) is 13.0. The van der Waals surface area contributed by atoms with Crippen LogP contribution in [0.1, 0.15) is 43.3 Å². The Morgan fingerprint density at radius 2 is 1.85 bits per heavy atom. The van der Waals surface area contributed by atoms with Gasteiger partial charge in [-0.05, 0) is 42.0 Å². The zero-order valence-electron chi connectivity index (χ0n) is 22.8. The number of methoxy groups -OCH3 is 1. The van der Waals surface area contributed by atoms with Crippen LogP contribution in [-0.2, 0) is 29.2 Å². The lowest BCUT2D eigenvalue weighted by Gasteiger charge is -2.30. The number of tetrazole rings is 1. The zero-order chi connectivity index (χ0) is 28.1. The maximum atomic E-state index is 13.3. The molecule has 40 heavy (non-hydrogen) atoms. The summed E-state index contributed by atoms with van der Waals surface area (Å²) in [5.74, 6) is 2.06. The van der Waals surface area contributed by atoms with Gasteiger partial charge in [0.25, 0.3) is 5.56 Å². The van der Waals surface area contributed by atoms with Crippen molar-refractivity contribution in [2.24, 2.45) is 0 Å².